The molecule has 3 N–H and O–H groups in total. The number of fused-ring (bicyclic) bond motifs is 1. The smallest absolute Gasteiger partial charge is 0.407 e. The molecule has 2 amide bonds. The highest BCUT2D eigenvalue weighted by Crippen LogP contribution is 2.31. The number of likely N-dealkylation sites (tertiary alicyclic amines) is 1. The third-order valence-electron chi connectivity index (χ3n) is 6.50. The van der Waals surface area contributed by atoms with Crippen LogP contribution in [0.1, 0.15) is 49.5 Å². The van der Waals surface area contributed by atoms with Gasteiger partial charge in [0.2, 0.25) is 0 Å². The summed E-state index contributed by atoms with van der Waals surface area (Å²) in [5.41, 5.74) is 0.368. The number of carbonyl (C=O) groups is 2. The normalized spacial score (nSPS) is 23.6. The number of aliphatic hydroxyl groups is 1. The number of nitrogens with one attached hydrogen (secondary N) is 1. The second kappa shape index (κ2) is 8.84. The van der Waals surface area contributed by atoms with Gasteiger partial charge in [0.25, 0.3) is 5.91 Å². The van der Waals surface area contributed by atoms with Gasteiger partial charge in [-0.05, 0) is 45.1 Å². The van der Waals surface area contributed by atoms with Gasteiger partial charge in [0.15, 0.2) is 5.69 Å². The van der Waals surface area contributed by atoms with Crippen molar-refractivity contribution in [3.63, 3.8) is 0 Å². The number of piperidine rings is 1. The Hall–Kier alpha value is -2.65. The summed E-state index contributed by atoms with van der Waals surface area (Å²) in [5.74, 6) is -0.291. The largest absolute Gasteiger partial charge is 0.465 e. The lowest BCUT2D eigenvalue weighted by molar-refractivity contribution is -0.0821. The van der Waals surface area contributed by atoms with Crippen LogP contribution in [0.2, 0.25) is 0 Å². The number of carbonyl (C=O) groups excluding carboxylic acids is 1. The average molecular weight is 431 g/mol. The lowest BCUT2D eigenvalue weighted by Crippen LogP contribution is -2.56. The summed E-state index contributed by atoms with van der Waals surface area (Å²) in [5, 5.41) is 28.8. The highest BCUT2D eigenvalue weighted by molar-refractivity contribution is 6.05. The molecule has 1 aromatic heterocycles. The van der Waals surface area contributed by atoms with Gasteiger partial charge < -0.3 is 25.2 Å². The van der Waals surface area contributed by atoms with Crippen molar-refractivity contribution in [2.45, 2.75) is 63.3 Å². The Morgan fingerprint density at radius 1 is 1.26 bits per heavy atom. The molecular formula is C22H30N4O5. The zero-order valence-corrected chi connectivity index (χ0v) is 17.8. The molecule has 9 nitrogen and oxygen atoms in total. The van der Waals surface area contributed by atoms with Gasteiger partial charge >= 0.3 is 6.09 Å². The zero-order chi connectivity index (χ0) is 22.0. The first-order valence-electron chi connectivity index (χ1n) is 11.0. The molecule has 4 rings (SSSR count). The molecule has 2 fully saturated rings. The van der Waals surface area contributed by atoms with Gasteiger partial charge in [-0.25, -0.2) is 4.79 Å². The van der Waals surface area contributed by atoms with Crippen LogP contribution in [0.3, 0.4) is 0 Å². The minimum atomic E-state index is -1.03. The van der Waals surface area contributed by atoms with E-state index in [4.69, 9.17) is 4.74 Å². The molecule has 0 radical (unpaired) electrons. The minimum absolute atomic E-state index is 0.199. The van der Waals surface area contributed by atoms with E-state index in [1.807, 2.05) is 31.2 Å². The third kappa shape index (κ3) is 4.52. The molecule has 0 aliphatic carbocycles. The van der Waals surface area contributed by atoms with Crippen molar-refractivity contribution < 1.29 is 24.5 Å². The van der Waals surface area contributed by atoms with Crippen LogP contribution in [0.4, 0.5) is 4.79 Å². The Morgan fingerprint density at radius 3 is 2.71 bits per heavy atom. The number of amides is 2. The van der Waals surface area contributed by atoms with Gasteiger partial charge in [0.1, 0.15) is 0 Å². The molecule has 2 aromatic rings. The topological polar surface area (TPSA) is 117 Å². The third-order valence-corrected chi connectivity index (χ3v) is 6.50. The molecule has 3 heterocycles. The number of rotatable bonds is 5. The van der Waals surface area contributed by atoms with E-state index in [2.05, 4.69) is 10.4 Å². The van der Waals surface area contributed by atoms with E-state index >= 15 is 0 Å². The van der Waals surface area contributed by atoms with Gasteiger partial charge in [-0.3, -0.25) is 9.48 Å². The fraction of sp³-hybridized carbons (Fsp3) is 0.591. The summed E-state index contributed by atoms with van der Waals surface area (Å²) < 4.78 is 7.12. The summed E-state index contributed by atoms with van der Waals surface area (Å²) in [6, 6.07) is 7.03. The summed E-state index contributed by atoms with van der Waals surface area (Å²) in [6.07, 6.45) is 1.65. The van der Waals surface area contributed by atoms with Gasteiger partial charge in [-0.15, -0.1) is 0 Å². The number of benzene rings is 1. The van der Waals surface area contributed by atoms with E-state index in [0.717, 1.165) is 10.9 Å². The van der Waals surface area contributed by atoms with Crippen LogP contribution in [-0.4, -0.2) is 74.3 Å². The molecule has 2 aliphatic rings. The lowest BCUT2D eigenvalue weighted by Gasteiger charge is -2.42. The molecule has 0 bridgehead atoms. The van der Waals surface area contributed by atoms with Crippen molar-refractivity contribution in [2.75, 3.05) is 19.8 Å². The van der Waals surface area contributed by atoms with Crippen LogP contribution in [0.5, 0.6) is 0 Å². The number of aromatic nitrogens is 2. The second-order valence-electron chi connectivity index (χ2n) is 8.56. The standard InChI is InChI=1S/C22H30N4O5/c1-2-26-18-6-4-3-5-17(18)19(24-26)20(27)23-15-7-8-16(25(14-15)21(28)29)13-22(30)9-11-31-12-10-22/h3-6,15-16,30H,2,7-14H2,1H3,(H,23,27)(H,28,29)/t15-,16-/m0/s1. The second-order valence-corrected chi connectivity index (χ2v) is 8.56. The van der Waals surface area contributed by atoms with Crippen molar-refractivity contribution in [1.29, 1.82) is 0 Å². The Balaban J connectivity index is 1.45. The number of nitrogens with zero attached hydrogens (tertiary/aromatic N) is 3. The van der Waals surface area contributed by atoms with E-state index in [1.54, 1.807) is 4.68 Å². The fourth-order valence-electron chi connectivity index (χ4n) is 4.78. The van der Waals surface area contributed by atoms with Crippen LogP contribution >= 0.6 is 0 Å². The number of carboxylic acid groups (broad SMARTS) is 1. The predicted octanol–water partition coefficient (Wildman–Crippen LogP) is 2.23. The number of ether oxygens (including phenoxy) is 1. The summed E-state index contributed by atoms with van der Waals surface area (Å²) in [6.45, 7) is 3.81. The van der Waals surface area contributed by atoms with Gasteiger partial charge in [0, 0.05) is 43.8 Å². The minimum Gasteiger partial charge on any atom is -0.465 e. The molecule has 168 valence electrons. The first kappa shape index (κ1) is 21.6. The molecule has 2 atom stereocenters. The first-order chi connectivity index (χ1) is 14.9. The molecular weight excluding hydrogens is 400 g/mol. The van der Waals surface area contributed by atoms with Crippen LogP contribution in [-0.2, 0) is 11.3 Å². The Bertz CT molecular complexity index is 953. The maximum absolute atomic E-state index is 13.0. The van der Waals surface area contributed by atoms with Gasteiger partial charge in [0.05, 0.1) is 11.1 Å². The molecule has 0 spiro atoms. The van der Waals surface area contributed by atoms with Crippen LogP contribution < -0.4 is 5.32 Å². The van der Waals surface area contributed by atoms with Gasteiger partial charge in [-0.2, -0.15) is 5.10 Å². The maximum Gasteiger partial charge on any atom is 0.407 e. The molecule has 1 aromatic carbocycles. The highest BCUT2D eigenvalue weighted by Gasteiger charge is 2.39. The van der Waals surface area contributed by atoms with Crippen molar-refractivity contribution in [3.05, 3.63) is 30.0 Å². The number of aryl methyl sites for hydroxylation is 1. The molecule has 2 aliphatic heterocycles. The number of hydrogen-bond acceptors (Lipinski definition) is 5. The van der Waals surface area contributed by atoms with Crippen molar-refractivity contribution >= 4 is 22.9 Å². The Kier molecular flexibility index (Phi) is 6.15. The highest BCUT2D eigenvalue weighted by atomic mass is 16.5. The zero-order valence-electron chi connectivity index (χ0n) is 17.8. The monoisotopic (exact) mass is 430 g/mol. The molecule has 31 heavy (non-hydrogen) atoms. The van der Waals surface area contributed by atoms with E-state index in [-0.39, 0.29) is 24.5 Å². The van der Waals surface area contributed by atoms with E-state index < -0.39 is 11.7 Å². The fourth-order valence-corrected chi connectivity index (χ4v) is 4.78. The summed E-state index contributed by atoms with van der Waals surface area (Å²) in [7, 11) is 0. The Morgan fingerprint density at radius 2 is 2.00 bits per heavy atom. The van der Waals surface area contributed by atoms with Crippen LogP contribution in [0.25, 0.3) is 10.9 Å². The first-order valence-corrected chi connectivity index (χ1v) is 11.0. The van der Waals surface area contributed by atoms with Gasteiger partial charge in [-0.1, -0.05) is 18.2 Å². The van der Waals surface area contributed by atoms with Crippen molar-refractivity contribution in [1.82, 2.24) is 20.0 Å². The summed E-state index contributed by atoms with van der Waals surface area (Å²) >= 11 is 0. The number of hydrogen-bond donors (Lipinski definition) is 3. The van der Waals surface area contributed by atoms with Crippen molar-refractivity contribution in [3.8, 4) is 0 Å². The molecule has 0 saturated carbocycles. The predicted molar refractivity (Wildman–Crippen MR) is 114 cm³/mol. The van der Waals surface area contributed by atoms with E-state index in [9.17, 15) is 19.8 Å². The molecule has 0 unspecified atom stereocenters. The molecule has 2 saturated heterocycles. The SMILES string of the molecule is CCn1nc(C(=O)N[C@H]2CC[C@@H](CC3(O)CCOCC3)N(C(=O)O)C2)c2ccccc21. The molecule has 9 heteroatoms. The quantitative estimate of drug-likeness (QED) is 0.670. The van der Waals surface area contributed by atoms with Crippen LogP contribution in [0.15, 0.2) is 24.3 Å². The van der Waals surface area contributed by atoms with E-state index in [0.29, 0.717) is 57.6 Å². The van der Waals surface area contributed by atoms with E-state index in [1.165, 1.54) is 4.90 Å². The summed E-state index contributed by atoms with van der Waals surface area (Å²) in [4.78, 5) is 26.3. The average Bonchev–Trinajstić information content (AvgIpc) is 3.14. The van der Waals surface area contributed by atoms with Crippen LogP contribution in [0, 0.1) is 0 Å². The lowest BCUT2D eigenvalue weighted by atomic mass is 9.83. The van der Waals surface area contributed by atoms with Crippen molar-refractivity contribution in [2.24, 2.45) is 0 Å². The number of para-hydroxylation sites is 1. The maximum atomic E-state index is 13.0. The Labute approximate surface area is 181 Å².